The van der Waals surface area contributed by atoms with E-state index in [-0.39, 0.29) is 5.91 Å². The Morgan fingerprint density at radius 1 is 1.20 bits per heavy atom. The van der Waals surface area contributed by atoms with E-state index < -0.39 is 6.04 Å². The molecule has 1 atom stereocenters. The number of amides is 1. The van der Waals surface area contributed by atoms with Gasteiger partial charge in [-0.25, -0.2) is 4.68 Å². The van der Waals surface area contributed by atoms with E-state index in [0.29, 0.717) is 23.0 Å². The van der Waals surface area contributed by atoms with Crippen molar-refractivity contribution in [2.45, 2.75) is 26.8 Å². The minimum Gasteiger partial charge on any atom is -0.496 e. The molecule has 7 nitrogen and oxygen atoms in total. The average molecular weight is 468 g/mol. The number of fused-ring (bicyclic) bond motifs is 1. The number of benzene rings is 2. The standard InChI is InChI=1S/C22H22BrN5O2/c1-12-5-8-17(13(2)9-12)27-21(29)19-14(3)26-22-24-11-25-28(22)20(19)16-7-6-15(23)10-18(16)30-4/h5-11,20H,1-4H3,(H,27,29)(H,24,25,26)/t20-/m1/s1. The van der Waals surface area contributed by atoms with Gasteiger partial charge in [0, 0.05) is 21.4 Å². The van der Waals surface area contributed by atoms with Gasteiger partial charge in [-0.05, 0) is 44.5 Å². The number of nitrogens with zero attached hydrogens (tertiary/aromatic N) is 3. The van der Waals surface area contributed by atoms with Gasteiger partial charge in [0.25, 0.3) is 5.91 Å². The Morgan fingerprint density at radius 3 is 2.73 bits per heavy atom. The quantitative estimate of drug-likeness (QED) is 0.586. The summed E-state index contributed by atoms with van der Waals surface area (Å²) in [6.45, 7) is 5.87. The molecule has 2 aromatic carbocycles. The number of carbonyl (C=O) groups is 1. The van der Waals surface area contributed by atoms with Crippen molar-refractivity contribution >= 4 is 33.5 Å². The predicted octanol–water partition coefficient (Wildman–Crippen LogP) is 4.59. The number of carbonyl (C=O) groups excluding carboxylic acids is 1. The van der Waals surface area contributed by atoms with E-state index in [2.05, 4.69) is 36.6 Å². The molecule has 4 rings (SSSR count). The zero-order valence-electron chi connectivity index (χ0n) is 17.2. The lowest BCUT2D eigenvalue weighted by molar-refractivity contribution is -0.113. The number of ether oxygens (including phenoxy) is 1. The van der Waals surface area contributed by atoms with Crippen LogP contribution in [0.25, 0.3) is 0 Å². The topological polar surface area (TPSA) is 81.1 Å². The van der Waals surface area contributed by atoms with Crippen LogP contribution in [-0.4, -0.2) is 27.8 Å². The molecule has 1 aromatic heterocycles. The molecule has 0 unspecified atom stereocenters. The van der Waals surface area contributed by atoms with Gasteiger partial charge >= 0.3 is 0 Å². The Bertz CT molecular complexity index is 1170. The molecule has 0 spiro atoms. The molecule has 1 amide bonds. The molecule has 8 heteroatoms. The summed E-state index contributed by atoms with van der Waals surface area (Å²) in [5.74, 6) is 1.02. The first-order valence-corrected chi connectivity index (χ1v) is 10.3. The summed E-state index contributed by atoms with van der Waals surface area (Å²) in [5.41, 5.74) is 5.01. The number of hydrogen-bond acceptors (Lipinski definition) is 5. The van der Waals surface area contributed by atoms with Crippen molar-refractivity contribution < 1.29 is 9.53 Å². The minimum absolute atomic E-state index is 0.205. The maximum absolute atomic E-state index is 13.5. The molecule has 2 N–H and O–H groups in total. The van der Waals surface area contributed by atoms with Gasteiger partial charge in [0.1, 0.15) is 18.1 Å². The molecule has 3 aromatic rings. The van der Waals surface area contributed by atoms with Gasteiger partial charge in [0.15, 0.2) is 0 Å². The predicted molar refractivity (Wildman–Crippen MR) is 120 cm³/mol. The lowest BCUT2D eigenvalue weighted by atomic mass is 9.94. The summed E-state index contributed by atoms with van der Waals surface area (Å²) in [6, 6.07) is 11.2. The van der Waals surface area contributed by atoms with Crippen LogP contribution in [0.2, 0.25) is 0 Å². The lowest BCUT2D eigenvalue weighted by Crippen LogP contribution is -2.31. The molecule has 0 saturated heterocycles. The third kappa shape index (κ3) is 3.59. The molecular weight excluding hydrogens is 446 g/mol. The number of anilines is 2. The fourth-order valence-corrected chi connectivity index (χ4v) is 4.07. The summed E-state index contributed by atoms with van der Waals surface area (Å²) < 4.78 is 8.21. The first kappa shape index (κ1) is 20.2. The Kier molecular flexibility index (Phi) is 5.34. The van der Waals surface area contributed by atoms with Gasteiger partial charge < -0.3 is 15.4 Å². The average Bonchev–Trinajstić information content (AvgIpc) is 3.17. The van der Waals surface area contributed by atoms with E-state index in [0.717, 1.165) is 26.9 Å². The zero-order chi connectivity index (χ0) is 21.4. The number of nitrogens with one attached hydrogen (secondary N) is 2. The molecule has 1 aliphatic rings. The second-order valence-electron chi connectivity index (χ2n) is 7.25. The van der Waals surface area contributed by atoms with Crippen molar-refractivity contribution in [2.24, 2.45) is 0 Å². The summed E-state index contributed by atoms with van der Waals surface area (Å²) in [7, 11) is 1.61. The van der Waals surface area contributed by atoms with Crippen LogP contribution in [0, 0.1) is 13.8 Å². The maximum atomic E-state index is 13.5. The number of hydrogen-bond donors (Lipinski definition) is 2. The van der Waals surface area contributed by atoms with Gasteiger partial charge in [-0.2, -0.15) is 10.1 Å². The number of aromatic nitrogens is 3. The number of aryl methyl sites for hydroxylation is 2. The highest BCUT2D eigenvalue weighted by Gasteiger charge is 2.35. The first-order valence-electron chi connectivity index (χ1n) is 9.48. The van der Waals surface area contributed by atoms with Gasteiger partial charge in [0.05, 0.1) is 12.7 Å². The van der Waals surface area contributed by atoms with Gasteiger partial charge in [-0.3, -0.25) is 4.79 Å². The summed E-state index contributed by atoms with van der Waals surface area (Å²) in [4.78, 5) is 17.8. The van der Waals surface area contributed by atoms with Crippen LogP contribution < -0.4 is 15.4 Å². The molecular formula is C22H22BrN5O2. The Balaban J connectivity index is 1.81. The third-order valence-electron chi connectivity index (χ3n) is 5.16. The molecule has 0 saturated carbocycles. The molecule has 1 aliphatic heterocycles. The monoisotopic (exact) mass is 467 g/mol. The normalized spacial score (nSPS) is 15.4. The van der Waals surface area contributed by atoms with Crippen molar-refractivity contribution in [3.63, 3.8) is 0 Å². The Hall–Kier alpha value is -3.13. The molecule has 0 bridgehead atoms. The second-order valence-corrected chi connectivity index (χ2v) is 8.17. The molecule has 2 heterocycles. The number of rotatable bonds is 4. The van der Waals surface area contributed by atoms with E-state index in [9.17, 15) is 4.79 Å². The van der Waals surface area contributed by atoms with Crippen LogP contribution in [-0.2, 0) is 4.79 Å². The van der Waals surface area contributed by atoms with Crippen LogP contribution in [0.3, 0.4) is 0 Å². The van der Waals surface area contributed by atoms with Crippen LogP contribution in [0.4, 0.5) is 11.6 Å². The second kappa shape index (κ2) is 7.95. The maximum Gasteiger partial charge on any atom is 0.255 e. The highest BCUT2D eigenvalue weighted by Crippen LogP contribution is 2.40. The van der Waals surface area contributed by atoms with Gasteiger partial charge in [-0.1, -0.05) is 39.7 Å². The van der Waals surface area contributed by atoms with Gasteiger partial charge in [-0.15, -0.1) is 0 Å². The van der Waals surface area contributed by atoms with Crippen LogP contribution in [0.5, 0.6) is 5.75 Å². The van der Waals surface area contributed by atoms with Crippen molar-refractivity contribution in [1.29, 1.82) is 0 Å². The SMILES string of the molecule is COc1cc(Br)ccc1[C@@H]1C(C(=O)Nc2ccc(C)cc2C)=C(C)Nc2ncnn21. The Morgan fingerprint density at radius 2 is 2.00 bits per heavy atom. The van der Waals surface area contributed by atoms with Crippen molar-refractivity contribution in [3.8, 4) is 5.75 Å². The Labute approximate surface area is 183 Å². The number of allylic oxidation sites excluding steroid dienone is 1. The van der Waals surface area contributed by atoms with Crippen LogP contribution in [0.15, 0.2) is 58.5 Å². The molecule has 0 radical (unpaired) electrons. The first-order chi connectivity index (χ1) is 14.4. The fraction of sp³-hybridized carbons (Fsp3) is 0.227. The summed E-state index contributed by atoms with van der Waals surface area (Å²) >= 11 is 3.48. The third-order valence-corrected chi connectivity index (χ3v) is 5.65. The summed E-state index contributed by atoms with van der Waals surface area (Å²) in [6.07, 6.45) is 1.47. The lowest BCUT2D eigenvalue weighted by Gasteiger charge is -2.29. The van der Waals surface area contributed by atoms with E-state index in [1.807, 2.05) is 57.2 Å². The number of methoxy groups -OCH3 is 1. The zero-order valence-corrected chi connectivity index (χ0v) is 18.7. The van der Waals surface area contributed by atoms with Crippen LogP contribution >= 0.6 is 15.9 Å². The van der Waals surface area contributed by atoms with E-state index >= 15 is 0 Å². The fourth-order valence-electron chi connectivity index (χ4n) is 3.73. The van der Waals surface area contributed by atoms with Crippen molar-refractivity contribution in [2.75, 3.05) is 17.7 Å². The minimum atomic E-state index is -0.488. The highest BCUT2D eigenvalue weighted by atomic mass is 79.9. The summed E-state index contributed by atoms with van der Waals surface area (Å²) in [5, 5.41) is 10.6. The van der Waals surface area contributed by atoms with Crippen LogP contribution in [0.1, 0.15) is 29.7 Å². The smallest absolute Gasteiger partial charge is 0.255 e. The van der Waals surface area contributed by atoms with Gasteiger partial charge in [0.2, 0.25) is 5.95 Å². The molecule has 30 heavy (non-hydrogen) atoms. The van der Waals surface area contributed by atoms with Crippen molar-refractivity contribution in [1.82, 2.24) is 14.8 Å². The van der Waals surface area contributed by atoms with Crippen molar-refractivity contribution in [3.05, 3.63) is 75.2 Å². The largest absolute Gasteiger partial charge is 0.496 e. The van der Waals surface area contributed by atoms with E-state index in [1.54, 1.807) is 11.8 Å². The molecule has 0 fully saturated rings. The molecule has 154 valence electrons. The van der Waals surface area contributed by atoms with E-state index in [1.165, 1.54) is 6.33 Å². The highest BCUT2D eigenvalue weighted by molar-refractivity contribution is 9.10. The number of halogens is 1. The van der Waals surface area contributed by atoms with E-state index in [4.69, 9.17) is 4.74 Å². The molecule has 0 aliphatic carbocycles.